The highest BCUT2D eigenvalue weighted by molar-refractivity contribution is 5.96. The Morgan fingerprint density at radius 1 is 1.12 bits per heavy atom. The molecule has 0 radical (unpaired) electrons. The van der Waals surface area contributed by atoms with Gasteiger partial charge in [0.1, 0.15) is 5.69 Å². The highest BCUT2D eigenvalue weighted by atomic mass is 16.5. The van der Waals surface area contributed by atoms with E-state index in [0.29, 0.717) is 5.69 Å². The van der Waals surface area contributed by atoms with Crippen molar-refractivity contribution in [2.75, 3.05) is 17.7 Å². The Kier molecular flexibility index (Phi) is 5.30. The zero-order valence-corrected chi connectivity index (χ0v) is 14.6. The predicted molar refractivity (Wildman–Crippen MR) is 96.2 cm³/mol. The fourth-order valence-electron chi connectivity index (χ4n) is 2.11. The number of benzene rings is 1. The summed E-state index contributed by atoms with van der Waals surface area (Å²) < 4.78 is 4.78. The van der Waals surface area contributed by atoms with Crippen LogP contribution in [0.25, 0.3) is 0 Å². The molecule has 0 aliphatic rings. The maximum Gasteiger partial charge on any atom is 0.357 e. The molecule has 2 rings (SSSR count). The number of aromatic amines is 2. The molecular formula is C17H20N4O5. The number of carbonyl (C=O) groups is 2. The van der Waals surface area contributed by atoms with Gasteiger partial charge in [0.15, 0.2) is 12.3 Å². The van der Waals surface area contributed by atoms with E-state index in [1.54, 1.807) is 12.1 Å². The predicted octanol–water partition coefficient (Wildman–Crippen LogP) is 0.738. The van der Waals surface area contributed by atoms with E-state index >= 15 is 0 Å². The van der Waals surface area contributed by atoms with Gasteiger partial charge in [-0.25, -0.2) is 9.59 Å². The van der Waals surface area contributed by atoms with E-state index in [1.807, 2.05) is 17.1 Å². The van der Waals surface area contributed by atoms with Crippen molar-refractivity contribution in [2.24, 2.45) is 0 Å². The van der Waals surface area contributed by atoms with Crippen molar-refractivity contribution in [3.8, 4) is 0 Å². The van der Waals surface area contributed by atoms with Crippen molar-refractivity contribution < 1.29 is 14.3 Å². The van der Waals surface area contributed by atoms with E-state index in [-0.39, 0.29) is 5.41 Å². The maximum absolute atomic E-state index is 11.9. The number of nitrogens with two attached hydrogens (primary N) is 1. The number of anilines is 2. The van der Waals surface area contributed by atoms with Crippen LogP contribution in [-0.4, -0.2) is 28.5 Å². The Hall–Kier alpha value is -3.36. The molecule has 1 heterocycles. The molecule has 26 heavy (non-hydrogen) atoms. The van der Waals surface area contributed by atoms with Crippen molar-refractivity contribution in [3.63, 3.8) is 0 Å². The molecule has 0 saturated carbocycles. The molecule has 5 N–H and O–H groups in total. The average molecular weight is 360 g/mol. The van der Waals surface area contributed by atoms with Gasteiger partial charge in [-0.1, -0.05) is 32.9 Å². The molecule has 9 heteroatoms. The summed E-state index contributed by atoms with van der Waals surface area (Å²) in [4.78, 5) is 50.2. The van der Waals surface area contributed by atoms with Crippen LogP contribution in [0.15, 0.2) is 33.9 Å². The third-order valence-electron chi connectivity index (χ3n) is 3.55. The summed E-state index contributed by atoms with van der Waals surface area (Å²) in [5.41, 5.74) is 4.25. The number of aromatic nitrogens is 2. The maximum atomic E-state index is 11.9. The first-order valence-corrected chi connectivity index (χ1v) is 7.77. The molecule has 2 aromatic rings. The normalized spacial score (nSPS) is 11.0. The number of carbonyl (C=O) groups excluding carboxylic acids is 2. The SMILES string of the molecule is CC(C)(C)c1ccc(NC(=O)COC(=O)c2[nH]c(=O)[nH]c(=O)c2N)cc1. The molecule has 138 valence electrons. The summed E-state index contributed by atoms with van der Waals surface area (Å²) in [6, 6.07) is 7.27. The lowest BCUT2D eigenvalue weighted by atomic mass is 9.87. The fourth-order valence-corrected chi connectivity index (χ4v) is 2.11. The van der Waals surface area contributed by atoms with Crippen LogP contribution in [0.3, 0.4) is 0 Å². The standard InChI is InChI=1S/C17H20N4O5/c1-17(2,3)9-4-6-10(7-5-9)19-11(22)8-26-15(24)13-12(18)14(23)21-16(25)20-13/h4-7H,8,18H2,1-3H3,(H,19,22)(H2,20,21,23,25). The Morgan fingerprint density at radius 3 is 2.31 bits per heavy atom. The van der Waals surface area contributed by atoms with Gasteiger partial charge in [-0.15, -0.1) is 0 Å². The zero-order chi connectivity index (χ0) is 19.5. The summed E-state index contributed by atoms with van der Waals surface area (Å²) in [6.45, 7) is 5.62. The summed E-state index contributed by atoms with van der Waals surface area (Å²) in [5.74, 6) is -1.66. The smallest absolute Gasteiger partial charge is 0.357 e. The second-order valence-corrected chi connectivity index (χ2v) is 6.65. The number of amides is 1. The van der Waals surface area contributed by atoms with Gasteiger partial charge in [-0.3, -0.25) is 19.6 Å². The number of esters is 1. The summed E-state index contributed by atoms with van der Waals surface area (Å²) in [5, 5.41) is 2.58. The molecule has 9 nitrogen and oxygen atoms in total. The first kappa shape index (κ1) is 19.0. The molecule has 0 spiro atoms. The summed E-state index contributed by atoms with van der Waals surface area (Å²) in [7, 11) is 0. The first-order chi connectivity index (χ1) is 12.1. The Balaban J connectivity index is 1.98. The topological polar surface area (TPSA) is 147 Å². The number of hydrogen-bond donors (Lipinski definition) is 4. The molecule has 0 unspecified atom stereocenters. The third kappa shape index (κ3) is 4.59. The van der Waals surface area contributed by atoms with E-state index < -0.39 is 41.1 Å². The van der Waals surface area contributed by atoms with E-state index in [9.17, 15) is 19.2 Å². The quantitative estimate of drug-likeness (QED) is 0.591. The fraction of sp³-hybridized carbons (Fsp3) is 0.294. The van der Waals surface area contributed by atoms with Crippen LogP contribution in [0.2, 0.25) is 0 Å². The molecule has 0 bridgehead atoms. The van der Waals surface area contributed by atoms with Crippen LogP contribution in [0.4, 0.5) is 11.4 Å². The van der Waals surface area contributed by atoms with E-state index in [4.69, 9.17) is 10.5 Å². The molecule has 0 fully saturated rings. The van der Waals surface area contributed by atoms with Crippen molar-refractivity contribution in [3.05, 3.63) is 56.4 Å². The van der Waals surface area contributed by atoms with Crippen LogP contribution >= 0.6 is 0 Å². The van der Waals surface area contributed by atoms with Gasteiger partial charge in [-0.2, -0.15) is 0 Å². The van der Waals surface area contributed by atoms with Gasteiger partial charge in [0, 0.05) is 5.69 Å². The molecule has 0 saturated heterocycles. The van der Waals surface area contributed by atoms with E-state index in [1.165, 1.54) is 0 Å². The number of rotatable bonds is 4. The minimum absolute atomic E-state index is 0.0115. The Morgan fingerprint density at radius 2 is 1.73 bits per heavy atom. The highest BCUT2D eigenvalue weighted by Crippen LogP contribution is 2.23. The molecule has 0 atom stereocenters. The Bertz CT molecular complexity index is 935. The number of H-pyrrole nitrogens is 2. The van der Waals surface area contributed by atoms with E-state index in [2.05, 4.69) is 31.1 Å². The molecular weight excluding hydrogens is 340 g/mol. The highest BCUT2D eigenvalue weighted by Gasteiger charge is 2.17. The van der Waals surface area contributed by atoms with Crippen LogP contribution in [-0.2, 0) is 14.9 Å². The Labute approximate surface area is 148 Å². The second kappa shape index (κ2) is 7.26. The van der Waals surface area contributed by atoms with Gasteiger partial charge in [0.25, 0.3) is 11.5 Å². The monoisotopic (exact) mass is 360 g/mol. The summed E-state index contributed by atoms with van der Waals surface area (Å²) >= 11 is 0. The van der Waals surface area contributed by atoms with Crippen LogP contribution in [0, 0.1) is 0 Å². The first-order valence-electron chi connectivity index (χ1n) is 7.77. The minimum atomic E-state index is -1.08. The van der Waals surface area contributed by atoms with Gasteiger partial charge in [0.2, 0.25) is 0 Å². The molecule has 1 aromatic heterocycles. The molecule has 1 amide bonds. The second-order valence-electron chi connectivity index (χ2n) is 6.65. The lowest BCUT2D eigenvalue weighted by Crippen LogP contribution is -2.30. The number of hydrogen-bond acceptors (Lipinski definition) is 6. The minimum Gasteiger partial charge on any atom is -0.451 e. The lowest BCUT2D eigenvalue weighted by molar-refractivity contribution is -0.119. The number of nitrogens with one attached hydrogen (secondary N) is 3. The van der Waals surface area contributed by atoms with Crippen LogP contribution in [0.5, 0.6) is 0 Å². The van der Waals surface area contributed by atoms with Crippen molar-refractivity contribution >= 4 is 23.3 Å². The van der Waals surface area contributed by atoms with Crippen molar-refractivity contribution in [1.82, 2.24) is 9.97 Å². The third-order valence-corrected chi connectivity index (χ3v) is 3.55. The lowest BCUT2D eigenvalue weighted by Gasteiger charge is -2.19. The van der Waals surface area contributed by atoms with E-state index in [0.717, 1.165) is 5.56 Å². The molecule has 1 aromatic carbocycles. The van der Waals surface area contributed by atoms with Crippen molar-refractivity contribution in [2.45, 2.75) is 26.2 Å². The summed E-state index contributed by atoms with van der Waals surface area (Å²) in [6.07, 6.45) is 0. The van der Waals surface area contributed by atoms with Gasteiger partial charge >= 0.3 is 11.7 Å². The van der Waals surface area contributed by atoms with Gasteiger partial charge in [-0.05, 0) is 23.1 Å². The number of ether oxygens (including phenoxy) is 1. The average Bonchev–Trinajstić information content (AvgIpc) is 2.55. The zero-order valence-electron chi connectivity index (χ0n) is 14.6. The van der Waals surface area contributed by atoms with Crippen LogP contribution in [0.1, 0.15) is 36.8 Å². The van der Waals surface area contributed by atoms with Gasteiger partial charge < -0.3 is 15.8 Å². The van der Waals surface area contributed by atoms with Crippen molar-refractivity contribution in [1.29, 1.82) is 0 Å². The van der Waals surface area contributed by atoms with Gasteiger partial charge in [0.05, 0.1) is 0 Å². The number of nitrogen functional groups attached to an aromatic ring is 1. The molecule has 0 aliphatic heterocycles. The molecule has 0 aliphatic carbocycles. The van der Waals surface area contributed by atoms with Crippen LogP contribution < -0.4 is 22.3 Å². The largest absolute Gasteiger partial charge is 0.451 e.